The smallest absolute Gasteiger partial charge is 0.0372 e. The first-order valence-corrected chi connectivity index (χ1v) is 8.12. The van der Waals surface area contributed by atoms with Crippen molar-refractivity contribution in [2.45, 2.75) is 58.0 Å². The number of nitrogens with two attached hydrogens (primary N) is 1. The largest absolute Gasteiger partial charge is 0.329 e. The third-order valence-corrected chi connectivity index (χ3v) is 4.57. The van der Waals surface area contributed by atoms with E-state index in [0.29, 0.717) is 5.92 Å². The van der Waals surface area contributed by atoms with E-state index >= 15 is 0 Å². The van der Waals surface area contributed by atoms with Crippen LogP contribution in [0.2, 0.25) is 0 Å². The molecule has 2 N–H and O–H groups in total. The lowest BCUT2D eigenvalue weighted by Gasteiger charge is -2.44. The average molecular weight is 274 g/mol. The van der Waals surface area contributed by atoms with Gasteiger partial charge in [-0.05, 0) is 37.2 Å². The summed E-state index contributed by atoms with van der Waals surface area (Å²) in [5, 5.41) is 0. The zero-order valence-corrected chi connectivity index (χ0v) is 13.3. The summed E-state index contributed by atoms with van der Waals surface area (Å²) in [6, 6.07) is 11.6. The molecule has 112 valence electrons. The van der Waals surface area contributed by atoms with E-state index in [1.807, 2.05) is 0 Å². The van der Waals surface area contributed by atoms with Crippen molar-refractivity contribution in [2.24, 2.45) is 11.7 Å². The van der Waals surface area contributed by atoms with E-state index in [-0.39, 0.29) is 5.54 Å². The predicted octanol–water partition coefficient (Wildman–Crippen LogP) is 3.46. The predicted molar refractivity (Wildman–Crippen MR) is 86.8 cm³/mol. The molecule has 1 aromatic rings. The number of hydrogen-bond acceptors (Lipinski definition) is 2. The molecule has 1 aromatic carbocycles. The topological polar surface area (TPSA) is 29.3 Å². The highest BCUT2D eigenvalue weighted by atomic mass is 15.3. The van der Waals surface area contributed by atoms with E-state index in [1.165, 1.54) is 24.9 Å². The molecule has 0 bridgehead atoms. The lowest BCUT2D eigenvalue weighted by atomic mass is 9.85. The van der Waals surface area contributed by atoms with Crippen molar-refractivity contribution in [2.75, 3.05) is 13.1 Å². The summed E-state index contributed by atoms with van der Waals surface area (Å²) in [6.45, 7) is 8.85. The van der Waals surface area contributed by atoms with Crippen molar-refractivity contribution < 1.29 is 0 Å². The van der Waals surface area contributed by atoms with Gasteiger partial charge in [0.15, 0.2) is 0 Å². The number of nitrogens with zero attached hydrogens (tertiary/aromatic N) is 1. The molecule has 0 aromatic heterocycles. The molecule has 2 rings (SSSR count). The molecule has 20 heavy (non-hydrogen) atoms. The maximum absolute atomic E-state index is 6.27. The Hall–Kier alpha value is -0.860. The Balaban J connectivity index is 2.21. The number of rotatable bonds is 8. The second-order valence-corrected chi connectivity index (χ2v) is 6.72. The SMILES string of the molecule is CCC(CN)(Cc1ccccc1)N(CC(C)C)C1CC1. The van der Waals surface area contributed by atoms with E-state index in [2.05, 4.69) is 56.0 Å². The van der Waals surface area contributed by atoms with Crippen LogP contribution in [0, 0.1) is 5.92 Å². The van der Waals surface area contributed by atoms with Crippen LogP contribution in [-0.4, -0.2) is 29.6 Å². The molecule has 0 amide bonds. The number of benzene rings is 1. The molecule has 1 unspecified atom stereocenters. The highest BCUT2D eigenvalue weighted by Gasteiger charge is 2.42. The molecule has 0 aliphatic heterocycles. The summed E-state index contributed by atoms with van der Waals surface area (Å²) in [4.78, 5) is 2.73. The van der Waals surface area contributed by atoms with Gasteiger partial charge in [-0.2, -0.15) is 0 Å². The Labute approximate surface area is 124 Å². The summed E-state index contributed by atoms with van der Waals surface area (Å²) in [5.41, 5.74) is 7.81. The molecule has 0 spiro atoms. The second kappa shape index (κ2) is 6.73. The van der Waals surface area contributed by atoms with Gasteiger partial charge in [-0.15, -0.1) is 0 Å². The second-order valence-electron chi connectivity index (χ2n) is 6.72. The van der Waals surface area contributed by atoms with Gasteiger partial charge in [-0.25, -0.2) is 0 Å². The Morgan fingerprint density at radius 2 is 1.90 bits per heavy atom. The fourth-order valence-corrected chi connectivity index (χ4v) is 3.25. The van der Waals surface area contributed by atoms with Crippen molar-refractivity contribution in [3.8, 4) is 0 Å². The highest BCUT2D eigenvalue weighted by Crippen LogP contribution is 2.36. The van der Waals surface area contributed by atoms with Crippen LogP contribution in [0.15, 0.2) is 30.3 Å². The molecule has 1 fully saturated rings. The molecule has 1 atom stereocenters. The molecule has 0 heterocycles. The van der Waals surface area contributed by atoms with Gasteiger partial charge in [0.1, 0.15) is 0 Å². The molecule has 1 saturated carbocycles. The van der Waals surface area contributed by atoms with Gasteiger partial charge < -0.3 is 5.73 Å². The maximum atomic E-state index is 6.27. The normalized spacial score (nSPS) is 18.5. The fourth-order valence-electron chi connectivity index (χ4n) is 3.25. The molecule has 2 nitrogen and oxygen atoms in total. The van der Waals surface area contributed by atoms with Crippen LogP contribution in [0.25, 0.3) is 0 Å². The van der Waals surface area contributed by atoms with E-state index in [0.717, 1.165) is 25.4 Å². The third kappa shape index (κ3) is 3.62. The van der Waals surface area contributed by atoms with Crippen LogP contribution in [-0.2, 0) is 6.42 Å². The first-order valence-electron chi connectivity index (χ1n) is 8.12. The van der Waals surface area contributed by atoms with Crippen LogP contribution in [0.5, 0.6) is 0 Å². The third-order valence-electron chi connectivity index (χ3n) is 4.57. The molecule has 0 radical (unpaired) electrons. The first-order chi connectivity index (χ1) is 9.61. The lowest BCUT2D eigenvalue weighted by molar-refractivity contribution is 0.0672. The van der Waals surface area contributed by atoms with Gasteiger partial charge >= 0.3 is 0 Å². The minimum Gasteiger partial charge on any atom is -0.329 e. The zero-order valence-electron chi connectivity index (χ0n) is 13.3. The highest BCUT2D eigenvalue weighted by molar-refractivity contribution is 5.19. The monoisotopic (exact) mass is 274 g/mol. The number of hydrogen-bond donors (Lipinski definition) is 1. The van der Waals surface area contributed by atoms with E-state index < -0.39 is 0 Å². The first kappa shape index (κ1) is 15.5. The van der Waals surface area contributed by atoms with E-state index in [9.17, 15) is 0 Å². The van der Waals surface area contributed by atoms with Crippen LogP contribution >= 0.6 is 0 Å². The van der Waals surface area contributed by atoms with Gasteiger partial charge in [-0.1, -0.05) is 51.1 Å². The Kier molecular flexibility index (Phi) is 5.22. The fraction of sp³-hybridized carbons (Fsp3) is 0.667. The van der Waals surface area contributed by atoms with Crippen LogP contribution in [0.1, 0.15) is 45.6 Å². The standard InChI is InChI=1S/C18H30N2/c1-4-18(14-19,12-16-8-6-5-7-9-16)20(13-15(2)3)17-10-11-17/h5-9,15,17H,4,10-14,19H2,1-3H3. The van der Waals surface area contributed by atoms with Crippen molar-refractivity contribution in [3.05, 3.63) is 35.9 Å². The van der Waals surface area contributed by atoms with Crippen molar-refractivity contribution in [3.63, 3.8) is 0 Å². The molecule has 1 aliphatic carbocycles. The molecule has 1 aliphatic rings. The molecule has 0 saturated heterocycles. The van der Waals surface area contributed by atoms with Crippen molar-refractivity contribution in [1.82, 2.24) is 4.90 Å². The molecule has 2 heteroatoms. The van der Waals surface area contributed by atoms with Crippen LogP contribution in [0.4, 0.5) is 0 Å². The van der Waals surface area contributed by atoms with Crippen molar-refractivity contribution >= 4 is 0 Å². The molecular formula is C18H30N2. The van der Waals surface area contributed by atoms with E-state index in [4.69, 9.17) is 5.73 Å². The van der Waals surface area contributed by atoms with Gasteiger partial charge in [0.25, 0.3) is 0 Å². The van der Waals surface area contributed by atoms with Gasteiger partial charge in [0.2, 0.25) is 0 Å². The summed E-state index contributed by atoms with van der Waals surface area (Å²) in [6.07, 6.45) is 4.90. The minimum atomic E-state index is 0.132. The van der Waals surface area contributed by atoms with Gasteiger partial charge in [0, 0.05) is 24.7 Å². The maximum Gasteiger partial charge on any atom is 0.0372 e. The van der Waals surface area contributed by atoms with Crippen LogP contribution in [0.3, 0.4) is 0 Å². The van der Waals surface area contributed by atoms with E-state index in [1.54, 1.807) is 0 Å². The quantitative estimate of drug-likeness (QED) is 0.786. The summed E-state index contributed by atoms with van der Waals surface area (Å²) in [7, 11) is 0. The summed E-state index contributed by atoms with van der Waals surface area (Å²) < 4.78 is 0. The van der Waals surface area contributed by atoms with Gasteiger partial charge in [0.05, 0.1) is 0 Å². The Bertz CT molecular complexity index is 391. The molecular weight excluding hydrogens is 244 g/mol. The summed E-state index contributed by atoms with van der Waals surface area (Å²) >= 11 is 0. The lowest BCUT2D eigenvalue weighted by Crippen LogP contribution is -2.57. The Morgan fingerprint density at radius 3 is 2.35 bits per heavy atom. The summed E-state index contributed by atoms with van der Waals surface area (Å²) in [5.74, 6) is 0.698. The minimum absolute atomic E-state index is 0.132. The zero-order chi connectivity index (χ0) is 14.6. The van der Waals surface area contributed by atoms with Gasteiger partial charge in [-0.3, -0.25) is 4.90 Å². The average Bonchev–Trinajstić information content (AvgIpc) is 3.28. The van der Waals surface area contributed by atoms with Crippen molar-refractivity contribution in [1.29, 1.82) is 0 Å². The van der Waals surface area contributed by atoms with Crippen LogP contribution < -0.4 is 5.73 Å². The Morgan fingerprint density at radius 1 is 1.25 bits per heavy atom.